The van der Waals surface area contributed by atoms with Gasteiger partial charge in [0.2, 0.25) is 0 Å². The van der Waals surface area contributed by atoms with Gasteiger partial charge in [0.25, 0.3) is 5.91 Å². The predicted molar refractivity (Wildman–Crippen MR) is 41.5 cm³/mol. The number of thioether (sulfide) groups is 1. The zero-order valence-corrected chi connectivity index (χ0v) is 5.89. The number of nitrogens with zero attached hydrogens (tertiary/aromatic N) is 2. The number of hydrogen-bond acceptors (Lipinski definition) is 3. The lowest BCUT2D eigenvalue weighted by molar-refractivity contribution is -0.111. The van der Waals surface area contributed by atoms with Gasteiger partial charge in [-0.25, -0.2) is 4.99 Å². The van der Waals surface area contributed by atoms with Crippen molar-refractivity contribution in [1.82, 2.24) is 0 Å². The zero-order chi connectivity index (χ0) is 6.97. The monoisotopic (exact) mass is 152 g/mol. The summed E-state index contributed by atoms with van der Waals surface area (Å²) in [6.45, 7) is 0. The Morgan fingerprint density at radius 1 is 1.60 bits per heavy atom. The SMILES string of the molecule is O=C1N=CC=C2SCN=C12. The van der Waals surface area contributed by atoms with E-state index < -0.39 is 0 Å². The van der Waals surface area contributed by atoms with Gasteiger partial charge in [-0.3, -0.25) is 9.79 Å². The van der Waals surface area contributed by atoms with Gasteiger partial charge in [-0.2, -0.15) is 0 Å². The fourth-order valence-corrected chi connectivity index (χ4v) is 1.62. The van der Waals surface area contributed by atoms with Crippen LogP contribution in [0.3, 0.4) is 0 Å². The number of hydrogen-bond donors (Lipinski definition) is 0. The Bertz CT molecular complexity index is 277. The van der Waals surface area contributed by atoms with Crippen LogP contribution in [0.2, 0.25) is 0 Å². The first-order chi connectivity index (χ1) is 4.88. The van der Waals surface area contributed by atoms with Crippen LogP contribution in [0.15, 0.2) is 21.0 Å². The number of rotatable bonds is 0. The van der Waals surface area contributed by atoms with Gasteiger partial charge >= 0.3 is 0 Å². The molecular weight excluding hydrogens is 148 g/mol. The van der Waals surface area contributed by atoms with Crippen molar-refractivity contribution in [1.29, 1.82) is 0 Å². The van der Waals surface area contributed by atoms with Gasteiger partial charge < -0.3 is 0 Å². The third kappa shape index (κ3) is 0.724. The first-order valence-corrected chi connectivity index (χ1v) is 3.83. The summed E-state index contributed by atoms with van der Waals surface area (Å²) in [6, 6.07) is 0. The molecule has 0 aromatic heterocycles. The molecule has 0 saturated heterocycles. The van der Waals surface area contributed by atoms with Crippen molar-refractivity contribution in [2.75, 3.05) is 5.88 Å². The summed E-state index contributed by atoms with van der Waals surface area (Å²) in [5, 5.41) is 0. The van der Waals surface area contributed by atoms with Crippen LogP contribution < -0.4 is 0 Å². The van der Waals surface area contributed by atoms with Crippen LogP contribution in [0.5, 0.6) is 0 Å². The molecule has 0 aromatic rings. The molecule has 0 spiro atoms. The molecule has 0 radical (unpaired) electrons. The largest absolute Gasteiger partial charge is 0.296 e. The summed E-state index contributed by atoms with van der Waals surface area (Å²) in [4.78, 5) is 19.4. The fraction of sp³-hybridized carbons (Fsp3) is 0.167. The second kappa shape index (κ2) is 2.05. The van der Waals surface area contributed by atoms with Gasteiger partial charge in [-0.05, 0) is 6.08 Å². The lowest BCUT2D eigenvalue weighted by Gasteiger charge is -1.99. The van der Waals surface area contributed by atoms with Crippen molar-refractivity contribution >= 4 is 29.6 Å². The van der Waals surface area contributed by atoms with Crippen molar-refractivity contribution in [3.05, 3.63) is 11.0 Å². The van der Waals surface area contributed by atoms with Crippen molar-refractivity contribution < 1.29 is 4.79 Å². The average Bonchev–Trinajstić information content (AvgIpc) is 2.36. The summed E-state index contributed by atoms with van der Waals surface area (Å²) in [7, 11) is 0. The molecule has 2 heterocycles. The lowest BCUT2D eigenvalue weighted by atomic mass is 10.3. The highest BCUT2D eigenvalue weighted by Crippen LogP contribution is 2.25. The highest BCUT2D eigenvalue weighted by molar-refractivity contribution is 8.04. The maximum atomic E-state index is 10.9. The van der Waals surface area contributed by atoms with Gasteiger partial charge in [0, 0.05) is 11.1 Å². The Morgan fingerprint density at radius 3 is 3.30 bits per heavy atom. The molecule has 0 atom stereocenters. The molecule has 2 rings (SSSR count). The molecule has 2 aliphatic heterocycles. The Morgan fingerprint density at radius 2 is 2.50 bits per heavy atom. The molecular formula is C6H4N2OS. The second-order valence-corrected chi connectivity index (χ2v) is 2.88. The maximum Gasteiger partial charge on any atom is 0.296 e. The molecule has 4 heteroatoms. The first kappa shape index (κ1) is 5.85. The van der Waals surface area contributed by atoms with Crippen LogP contribution in [0.1, 0.15) is 0 Å². The Kier molecular flexibility index (Phi) is 1.20. The summed E-state index contributed by atoms with van der Waals surface area (Å²) < 4.78 is 0. The molecule has 0 saturated carbocycles. The molecule has 0 N–H and O–H groups in total. The van der Waals surface area contributed by atoms with E-state index in [1.54, 1.807) is 11.8 Å². The van der Waals surface area contributed by atoms with Gasteiger partial charge in [0.05, 0.1) is 5.88 Å². The fourth-order valence-electron chi connectivity index (χ4n) is 0.847. The zero-order valence-electron chi connectivity index (χ0n) is 5.07. The number of fused-ring (bicyclic) bond motifs is 1. The molecule has 0 aromatic carbocycles. The molecule has 2 aliphatic rings. The number of allylic oxidation sites excluding steroid dienone is 1. The predicted octanol–water partition coefficient (Wildman–Crippen LogP) is 0.627. The number of carbonyl (C=O) groups is 1. The van der Waals surface area contributed by atoms with E-state index in [-0.39, 0.29) is 5.91 Å². The van der Waals surface area contributed by atoms with Crippen LogP contribution in [0.4, 0.5) is 0 Å². The minimum absolute atomic E-state index is 0.206. The summed E-state index contributed by atoms with van der Waals surface area (Å²) in [5.74, 6) is 0.457. The molecule has 0 unspecified atom stereocenters. The maximum absolute atomic E-state index is 10.9. The lowest BCUT2D eigenvalue weighted by Crippen LogP contribution is -2.13. The van der Waals surface area contributed by atoms with E-state index in [2.05, 4.69) is 9.98 Å². The van der Waals surface area contributed by atoms with Gasteiger partial charge in [0.15, 0.2) is 0 Å². The van der Waals surface area contributed by atoms with Crippen LogP contribution in [0, 0.1) is 0 Å². The van der Waals surface area contributed by atoms with E-state index in [4.69, 9.17) is 0 Å². The quantitative estimate of drug-likeness (QED) is 0.510. The van der Waals surface area contributed by atoms with Crippen molar-refractivity contribution in [3.8, 4) is 0 Å². The highest BCUT2D eigenvalue weighted by atomic mass is 32.2. The van der Waals surface area contributed by atoms with Crippen LogP contribution >= 0.6 is 11.8 Å². The summed E-state index contributed by atoms with van der Waals surface area (Å²) in [6.07, 6.45) is 3.34. The van der Waals surface area contributed by atoms with E-state index in [1.165, 1.54) is 6.21 Å². The number of carbonyl (C=O) groups excluding carboxylic acids is 1. The number of amides is 1. The number of aliphatic imine (C=N–C) groups is 2. The molecule has 0 aliphatic carbocycles. The van der Waals surface area contributed by atoms with E-state index in [1.807, 2.05) is 6.08 Å². The molecule has 50 valence electrons. The third-order valence-corrected chi connectivity index (χ3v) is 2.20. The molecule has 0 bridgehead atoms. The van der Waals surface area contributed by atoms with Gasteiger partial charge in [-0.15, -0.1) is 0 Å². The van der Waals surface area contributed by atoms with Crippen LogP contribution in [-0.2, 0) is 4.79 Å². The summed E-state index contributed by atoms with van der Waals surface area (Å²) in [5.41, 5.74) is 0.535. The van der Waals surface area contributed by atoms with Crippen LogP contribution in [0.25, 0.3) is 0 Å². The van der Waals surface area contributed by atoms with E-state index in [9.17, 15) is 4.79 Å². The van der Waals surface area contributed by atoms with Gasteiger partial charge in [-0.1, -0.05) is 11.8 Å². The van der Waals surface area contributed by atoms with E-state index in [0.717, 1.165) is 4.91 Å². The molecule has 0 fully saturated rings. The second-order valence-electron chi connectivity index (χ2n) is 1.89. The topological polar surface area (TPSA) is 41.8 Å². The highest BCUT2D eigenvalue weighted by Gasteiger charge is 2.22. The average molecular weight is 152 g/mol. The van der Waals surface area contributed by atoms with Crippen molar-refractivity contribution in [2.45, 2.75) is 0 Å². The van der Waals surface area contributed by atoms with E-state index >= 15 is 0 Å². The Hall–Kier alpha value is -0.900. The first-order valence-electron chi connectivity index (χ1n) is 2.84. The molecule has 3 nitrogen and oxygen atoms in total. The third-order valence-electron chi connectivity index (χ3n) is 1.30. The van der Waals surface area contributed by atoms with Crippen LogP contribution in [-0.4, -0.2) is 23.7 Å². The van der Waals surface area contributed by atoms with Crippen molar-refractivity contribution in [2.24, 2.45) is 9.98 Å². The molecule has 10 heavy (non-hydrogen) atoms. The standard InChI is InChI=1S/C6H4N2OS/c9-6-5-4(1-2-7-6)10-3-8-5/h1-2H,3H2. The van der Waals surface area contributed by atoms with Gasteiger partial charge in [0.1, 0.15) is 5.71 Å². The Labute approximate surface area is 61.9 Å². The van der Waals surface area contributed by atoms with Crippen molar-refractivity contribution in [3.63, 3.8) is 0 Å². The summed E-state index contributed by atoms with van der Waals surface area (Å²) >= 11 is 1.58. The Balaban J connectivity index is 2.48. The smallest absolute Gasteiger partial charge is 0.267 e. The number of dihydropyridines is 1. The minimum atomic E-state index is -0.206. The molecule has 1 amide bonds. The van der Waals surface area contributed by atoms with E-state index in [0.29, 0.717) is 11.6 Å². The minimum Gasteiger partial charge on any atom is -0.267 e. The normalized spacial score (nSPS) is 22.2.